The fraction of sp³-hybridized carbons (Fsp3) is 0.444. The van der Waals surface area contributed by atoms with Crippen LogP contribution < -0.4 is 5.32 Å². The molecule has 3 atom stereocenters. The summed E-state index contributed by atoms with van der Waals surface area (Å²) in [4.78, 5) is 51.0. The van der Waals surface area contributed by atoms with Crippen LogP contribution in [0.2, 0.25) is 0 Å². The molecular weight excluding hydrogens is 402 g/mol. The molecule has 2 aliphatic heterocycles. The highest BCUT2D eigenvalue weighted by Gasteiger charge is 2.66. The van der Waals surface area contributed by atoms with E-state index in [9.17, 15) is 24.3 Å². The van der Waals surface area contributed by atoms with E-state index in [2.05, 4.69) is 5.32 Å². The van der Waals surface area contributed by atoms with Crippen LogP contribution in [0.15, 0.2) is 35.8 Å². The van der Waals surface area contributed by atoms with Gasteiger partial charge < -0.3 is 24.5 Å². The number of carbonyl (C=O) groups is 4. The third-order valence-corrected chi connectivity index (χ3v) is 6.20. The number of carboxylic acids is 1. The van der Waals surface area contributed by atoms with Crippen LogP contribution in [-0.2, 0) is 28.7 Å². The van der Waals surface area contributed by atoms with Gasteiger partial charge in [-0.05, 0) is 31.6 Å². The minimum Gasteiger partial charge on any atom is -0.477 e. The largest absolute Gasteiger partial charge is 0.477 e. The van der Waals surface area contributed by atoms with Gasteiger partial charge in [-0.15, -0.1) is 11.8 Å². The van der Waals surface area contributed by atoms with Gasteiger partial charge >= 0.3 is 11.9 Å². The van der Waals surface area contributed by atoms with Crippen LogP contribution >= 0.6 is 11.8 Å². The number of carboxylic acid groups (broad SMARTS) is 1. The number of amides is 2. The zero-order valence-corrected chi connectivity index (χ0v) is 16.9. The first-order valence-electron chi connectivity index (χ1n) is 8.83. The Hall–Kier alpha value is -2.79. The van der Waals surface area contributed by atoms with Crippen LogP contribution in [0.3, 0.4) is 0 Å². The van der Waals surface area contributed by atoms with Crippen LogP contribution in [0.5, 0.6) is 0 Å². The number of nitrogens with zero attached hydrogens (tertiary/aromatic N) is 2. The van der Waals surface area contributed by atoms with Crippen LogP contribution in [0.4, 0.5) is 0 Å². The summed E-state index contributed by atoms with van der Waals surface area (Å²) in [5, 5.41) is 11.2. The molecule has 1 aromatic heterocycles. The summed E-state index contributed by atoms with van der Waals surface area (Å²) in [6.45, 7) is 3.33. The minimum atomic E-state index is -1.78. The predicted octanol–water partition coefficient (Wildman–Crippen LogP) is 0.325. The van der Waals surface area contributed by atoms with E-state index in [1.807, 2.05) is 0 Å². The van der Waals surface area contributed by atoms with Crippen molar-refractivity contribution in [3.05, 3.63) is 35.8 Å². The molecule has 2 N–H and O–H groups in total. The summed E-state index contributed by atoms with van der Waals surface area (Å²) < 4.78 is 11.7. The smallest absolute Gasteiger partial charge is 0.352 e. The number of fused-ring (bicyclic) bond motifs is 1. The number of hydrogen-bond acceptors (Lipinski definition) is 7. The molecule has 0 spiro atoms. The summed E-state index contributed by atoms with van der Waals surface area (Å²) in [7, 11) is 1.25. The quantitative estimate of drug-likeness (QED) is 0.278. The lowest BCUT2D eigenvalue weighted by Crippen LogP contribution is -2.81. The molecule has 0 radical (unpaired) electrons. The third-order valence-electron chi connectivity index (χ3n) is 4.74. The lowest BCUT2D eigenvalue weighted by atomic mass is 9.98. The molecule has 156 valence electrons. The molecule has 0 bridgehead atoms. The third kappa shape index (κ3) is 3.29. The molecule has 0 aromatic carbocycles. The Morgan fingerprint density at radius 2 is 2.03 bits per heavy atom. The number of aromatic nitrogens is 1. The summed E-state index contributed by atoms with van der Waals surface area (Å²) in [5.41, 5.74) is -1.35. The Kier molecular flexibility index (Phi) is 5.71. The summed E-state index contributed by atoms with van der Waals surface area (Å²) in [6, 6.07) is 1.93. The maximum Gasteiger partial charge on any atom is 0.352 e. The summed E-state index contributed by atoms with van der Waals surface area (Å²) >= 11 is 1.27. The average molecular weight is 423 g/mol. The summed E-state index contributed by atoms with van der Waals surface area (Å²) in [6.07, 6.45) is 3.05. The Bertz CT molecular complexity index is 882. The second-order valence-corrected chi connectivity index (χ2v) is 7.56. The molecular formula is C18H21N3O7S. The number of carbonyl (C=O) groups excluding carboxylic acids is 3. The number of ether oxygens (including phenoxy) is 2. The van der Waals surface area contributed by atoms with E-state index in [4.69, 9.17) is 9.47 Å². The highest BCUT2D eigenvalue weighted by atomic mass is 32.2. The van der Waals surface area contributed by atoms with Crippen LogP contribution in [0.25, 0.3) is 0 Å². The highest BCUT2D eigenvalue weighted by Crippen LogP contribution is 2.46. The van der Waals surface area contributed by atoms with Crippen LogP contribution in [-0.4, -0.2) is 68.9 Å². The molecule has 1 fully saturated rings. The normalized spacial score (nSPS) is 24.4. The molecule has 1 saturated heterocycles. The van der Waals surface area contributed by atoms with Crippen LogP contribution in [0, 0.1) is 0 Å². The predicted molar refractivity (Wildman–Crippen MR) is 101 cm³/mol. The van der Waals surface area contributed by atoms with Crippen molar-refractivity contribution in [3.8, 4) is 0 Å². The number of nitrogens with one attached hydrogen (secondary N) is 1. The Morgan fingerprint density at radius 1 is 1.38 bits per heavy atom. The van der Waals surface area contributed by atoms with Gasteiger partial charge in [-0.3, -0.25) is 14.5 Å². The van der Waals surface area contributed by atoms with Gasteiger partial charge in [0.05, 0.1) is 6.61 Å². The Balaban J connectivity index is 1.89. The van der Waals surface area contributed by atoms with Crippen molar-refractivity contribution < 1.29 is 33.8 Å². The van der Waals surface area contributed by atoms with Gasteiger partial charge in [0, 0.05) is 25.3 Å². The Morgan fingerprint density at radius 3 is 2.59 bits per heavy atom. The molecule has 2 amide bonds. The topological polar surface area (TPSA) is 127 Å². The van der Waals surface area contributed by atoms with Crippen LogP contribution in [0.1, 0.15) is 19.9 Å². The fourth-order valence-corrected chi connectivity index (χ4v) is 4.78. The van der Waals surface area contributed by atoms with E-state index in [-0.39, 0.29) is 12.3 Å². The number of aliphatic carboxylic acids is 1. The molecule has 3 rings (SSSR count). The second kappa shape index (κ2) is 7.91. The molecule has 3 unspecified atom stereocenters. The number of esters is 1. The van der Waals surface area contributed by atoms with Crippen molar-refractivity contribution in [2.45, 2.75) is 31.0 Å². The van der Waals surface area contributed by atoms with E-state index < -0.39 is 40.9 Å². The highest BCUT2D eigenvalue weighted by molar-refractivity contribution is 8.00. The van der Waals surface area contributed by atoms with Gasteiger partial charge in [0.2, 0.25) is 6.04 Å². The number of hydrogen-bond donors (Lipinski definition) is 2. The van der Waals surface area contributed by atoms with Crippen molar-refractivity contribution in [1.82, 2.24) is 14.8 Å². The lowest BCUT2D eigenvalue weighted by molar-refractivity contribution is -0.193. The zero-order chi connectivity index (χ0) is 21.3. The molecule has 29 heavy (non-hydrogen) atoms. The van der Waals surface area contributed by atoms with Crippen molar-refractivity contribution in [1.29, 1.82) is 0 Å². The summed E-state index contributed by atoms with van der Waals surface area (Å²) in [5.74, 6) is -3.16. The first kappa shape index (κ1) is 20.9. The molecule has 0 aliphatic carbocycles. The van der Waals surface area contributed by atoms with E-state index in [1.165, 1.54) is 35.8 Å². The van der Waals surface area contributed by atoms with Gasteiger partial charge in [0.1, 0.15) is 11.1 Å². The molecule has 1 aromatic rings. The van der Waals surface area contributed by atoms with Crippen molar-refractivity contribution in [3.63, 3.8) is 0 Å². The average Bonchev–Trinajstić information content (AvgIpc) is 3.19. The van der Waals surface area contributed by atoms with Gasteiger partial charge in [0.25, 0.3) is 17.5 Å². The zero-order valence-electron chi connectivity index (χ0n) is 16.1. The minimum absolute atomic E-state index is 0.0799. The van der Waals surface area contributed by atoms with Crippen molar-refractivity contribution >= 4 is 35.5 Å². The molecule has 3 heterocycles. The van der Waals surface area contributed by atoms with Crippen molar-refractivity contribution in [2.75, 3.05) is 19.5 Å². The maximum absolute atomic E-state index is 13.0. The molecule has 0 saturated carbocycles. The SMILES string of the molecule is CCOC(=O)C(C(=O)NC1(OC)C(=O)N2C(C(=O)O)=C(C)CSC21)n1cccc1. The fourth-order valence-electron chi connectivity index (χ4n) is 3.39. The van der Waals surface area contributed by atoms with Gasteiger partial charge in [-0.1, -0.05) is 0 Å². The maximum atomic E-state index is 13.0. The molecule has 2 aliphatic rings. The number of β-lactam (4-membered cyclic amide) rings is 1. The van der Waals surface area contributed by atoms with Crippen molar-refractivity contribution in [2.24, 2.45) is 0 Å². The first-order chi connectivity index (χ1) is 13.8. The monoisotopic (exact) mass is 423 g/mol. The van der Waals surface area contributed by atoms with E-state index in [0.29, 0.717) is 11.3 Å². The standard InChI is InChI=1S/C18H21N3O7S/c1-4-28-15(25)12(20-7-5-6-8-20)13(22)19-18(27-3)16(26)21-11(14(23)24)10(2)9-29-17(18)21/h5-8,12,17H,4,9H2,1-3H3,(H,19,22)(H,23,24). The first-order valence-corrected chi connectivity index (χ1v) is 9.88. The van der Waals surface area contributed by atoms with E-state index >= 15 is 0 Å². The van der Waals surface area contributed by atoms with Gasteiger partial charge in [-0.2, -0.15) is 0 Å². The second-order valence-electron chi connectivity index (χ2n) is 6.49. The van der Waals surface area contributed by atoms with E-state index in [0.717, 1.165) is 4.90 Å². The lowest BCUT2D eigenvalue weighted by Gasteiger charge is -2.55. The molecule has 10 nitrogen and oxygen atoms in total. The Labute approximate surface area is 170 Å². The number of rotatable bonds is 7. The van der Waals surface area contributed by atoms with Gasteiger partial charge in [0.15, 0.2) is 0 Å². The number of thioether (sulfide) groups is 1. The van der Waals surface area contributed by atoms with E-state index in [1.54, 1.807) is 26.0 Å². The molecule has 11 heteroatoms. The van der Waals surface area contributed by atoms with Gasteiger partial charge in [-0.25, -0.2) is 9.59 Å². The number of methoxy groups -OCH3 is 1.